The van der Waals surface area contributed by atoms with Gasteiger partial charge in [-0.15, -0.1) is 0 Å². The van der Waals surface area contributed by atoms with Crippen molar-refractivity contribution < 1.29 is 9.84 Å². The lowest BCUT2D eigenvalue weighted by molar-refractivity contribution is -0.128. The van der Waals surface area contributed by atoms with E-state index in [0.717, 1.165) is 35.8 Å². The van der Waals surface area contributed by atoms with Gasteiger partial charge in [-0.3, -0.25) is 4.68 Å². The standard InChI is InChI=1S/C14H23BrN2O2/c1-10(2)17-12(11(15)9-16-17)13(18)14(19-3)7-5-4-6-8-14/h9-10,13,18H,4-8H2,1-3H3. The molecule has 0 bridgehead atoms. The fourth-order valence-electron chi connectivity index (χ4n) is 3.01. The molecule has 1 aromatic heterocycles. The summed E-state index contributed by atoms with van der Waals surface area (Å²) in [6.07, 6.45) is 6.36. The predicted octanol–water partition coefficient (Wildman–Crippen LogP) is 3.61. The minimum Gasteiger partial charge on any atom is -0.384 e. The number of nitrogens with zero attached hydrogens (tertiary/aromatic N) is 2. The Kier molecular flexibility index (Phi) is 4.69. The minimum atomic E-state index is -0.642. The SMILES string of the molecule is COC1(C(O)c2c(Br)cnn2C(C)C)CCCCC1. The molecule has 19 heavy (non-hydrogen) atoms. The zero-order valence-corrected chi connectivity index (χ0v) is 13.5. The van der Waals surface area contributed by atoms with Crippen LogP contribution in [-0.4, -0.2) is 27.6 Å². The molecule has 4 nitrogen and oxygen atoms in total. The summed E-state index contributed by atoms with van der Waals surface area (Å²) in [6.45, 7) is 4.13. The van der Waals surface area contributed by atoms with Crippen LogP contribution in [0.1, 0.15) is 63.8 Å². The van der Waals surface area contributed by atoms with Crippen LogP contribution in [0.15, 0.2) is 10.7 Å². The maximum Gasteiger partial charge on any atom is 0.126 e. The molecule has 1 aromatic rings. The Labute approximate surface area is 123 Å². The number of methoxy groups -OCH3 is 1. The van der Waals surface area contributed by atoms with Crippen LogP contribution in [0.25, 0.3) is 0 Å². The van der Waals surface area contributed by atoms with Gasteiger partial charge in [0, 0.05) is 13.2 Å². The highest BCUT2D eigenvalue weighted by atomic mass is 79.9. The number of hydrogen-bond donors (Lipinski definition) is 1. The first-order valence-electron chi connectivity index (χ1n) is 6.98. The highest BCUT2D eigenvalue weighted by Crippen LogP contribution is 2.43. The first-order valence-corrected chi connectivity index (χ1v) is 7.77. The molecule has 0 saturated heterocycles. The van der Waals surface area contributed by atoms with Crippen molar-refractivity contribution in [3.8, 4) is 0 Å². The number of aromatic nitrogens is 2. The molecule has 1 fully saturated rings. The van der Waals surface area contributed by atoms with E-state index >= 15 is 0 Å². The van der Waals surface area contributed by atoms with E-state index < -0.39 is 11.7 Å². The van der Waals surface area contributed by atoms with Crippen molar-refractivity contribution >= 4 is 15.9 Å². The monoisotopic (exact) mass is 330 g/mol. The molecule has 1 atom stereocenters. The van der Waals surface area contributed by atoms with Crippen LogP contribution < -0.4 is 0 Å². The largest absolute Gasteiger partial charge is 0.384 e. The molecular weight excluding hydrogens is 308 g/mol. The lowest BCUT2D eigenvalue weighted by Gasteiger charge is -2.40. The second-order valence-corrected chi connectivity index (χ2v) is 6.50. The van der Waals surface area contributed by atoms with E-state index in [1.54, 1.807) is 13.3 Å². The van der Waals surface area contributed by atoms with Gasteiger partial charge in [0.25, 0.3) is 0 Å². The number of hydrogen-bond acceptors (Lipinski definition) is 3. The third-order valence-electron chi connectivity index (χ3n) is 4.14. The summed E-state index contributed by atoms with van der Waals surface area (Å²) < 4.78 is 8.48. The van der Waals surface area contributed by atoms with Gasteiger partial charge in [0.1, 0.15) is 6.10 Å². The molecule has 108 valence electrons. The van der Waals surface area contributed by atoms with Crippen molar-refractivity contribution in [2.24, 2.45) is 0 Å². The molecule has 0 spiro atoms. The van der Waals surface area contributed by atoms with Crippen LogP contribution in [-0.2, 0) is 4.74 Å². The van der Waals surface area contributed by atoms with E-state index in [1.807, 2.05) is 4.68 Å². The van der Waals surface area contributed by atoms with Crippen molar-refractivity contribution in [2.75, 3.05) is 7.11 Å². The Morgan fingerprint density at radius 3 is 2.53 bits per heavy atom. The molecule has 1 aliphatic rings. The van der Waals surface area contributed by atoms with Gasteiger partial charge >= 0.3 is 0 Å². The Bertz CT molecular complexity index is 425. The lowest BCUT2D eigenvalue weighted by atomic mass is 9.79. The summed E-state index contributed by atoms with van der Waals surface area (Å²) in [7, 11) is 1.71. The molecule has 5 heteroatoms. The number of halogens is 1. The third-order valence-corrected chi connectivity index (χ3v) is 4.75. The van der Waals surface area contributed by atoms with E-state index in [-0.39, 0.29) is 6.04 Å². The Balaban J connectivity index is 2.36. The highest BCUT2D eigenvalue weighted by Gasteiger charge is 2.42. The van der Waals surface area contributed by atoms with Crippen molar-refractivity contribution in [1.82, 2.24) is 9.78 Å². The van der Waals surface area contributed by atoms with Crippen LogP contribution in [0, 0.1) is 0 Å². The minimum absolute atomic E-state index is 0.216. The van der Waals surface area contributed by atoms with Crippen molar-refractivity contribution in [1.29, 1.82) is 0 Å². The van der Waals surface area contributed by atoms with E-state index in [0.29, 0.717) is 0 Å². The summed E-state index contributed by atoms with van der Waals surface area (Å²) in [4.78, 5) is 0. The Morgan fingerprint density at radius 1 is 1.37 bits per heavy atom. The molecule has 0 aromatic carbocycles. The second-order valence-electron chi connectivity index (χ2n) is 5.65. The average molecular weight is 331 g/mol. The topological polar surface area (TPSA) is 47.3 Å². The van der Waals surface area contributed by atoms with E-state index in [2.05, 4.69) is 34.9 Å². The Morgan fingerprint density at radius 2 is 2.00 bits per heavy atom. The molecule has 0 aliphatic heterocycles. The van der Waals surface area contributed by atoms with E-state index in [4.69, 9.17) is 4.74 Å². The second kappa shape index (κ2) is 5.94. The van der Waals surface area contributed by atoms with Crippen LogP contribution >= 0.6 is 15.9 Å². The number of aliphatic hydroxyl groups excluding tert-OH is 1. The molecule has 2 rings (SSSR count). The smallest absolute Gasteiger partial charge is 0.126 e. The van der Waals surface area contributed by atoms with Gasteiger partial charge < -0.3 is 9.84 Å². The van der Waals surface area contributed by atoms with Crippen LogP contribution in [0.3, 0.4) is 0 Å². The van der Waals surface area contributed by atoms with Crippen molar-refractivity contribution in [3.05, 3.63) is 16.4 Å². The maximum absolute atomic E-state index is 10.9. The number of aliphatic hydroxyl groups is 1. The molecule has 1 heterocycles. The fraction of sp³-hybridized carbons (Fsp3) is 0.786. The van der Waals surface area contributed by atoms with Gasteiger partial charge in [-0.1, -0.05) is 19.3 Å². The number of rotatable bonds is 4. The average Bonchev–Trinajstić information content (AvgIpc) is 2.80. The summed E-state index contributed by atoms with van der Waals surface area (Å²) in [5.41, 5.74) is 0.367. The third kappa shape index (κ3) is 2.73. The van der Waals surface area contributed by atoms with Gasteiger partial charge in [0.05, 0.1) is 22.0 Å². The molecule has 1 saturated carbocycles. The van der Waals surface area contributed by atoms with Gasteiger partial charge in [-0.25, -0.2) is 0 Å². The van der Waals surface area contributed by atoms with Gasteiger partial charge in [-0.2, -0.15) is 5.10 Å². The van der Waals surface area contributed by atoms with Crippen molar-refractivity contribution in [3.63, 3.8) is 0 Å². The summed E-state index contributed by atoms with van der Waals surface area (Å²) >= 11 is 3.51. The molecular formula is C14H23BrN2O2. The summed E-state index contributed by atoms with van der Waals surface area (Å²) in [5.74, 6) is 0. The highest BCUT2D eigenvalue weighted by molar-refractivity contribution is 9.10. The van der Waals surface area contributed by atoms with E-state index in [1.165, 1.54) is 6.42 Å². The zero-order chi connectivity index (χ0) is 14.0. The first kappa shape index (κ1) is 15.0. The maximum atomic E-state index is 10.9. The van der Waals surface area contributed by atoms with Gasteiger partial charge in [-0.05, 0) is 42.6 Å². The molecule has 1 aliphatic carbocycles. The van der Waals surface area contributed by atoms with Gasteiger partial charge in [0.15, 0.2) is 0 Å². The molecule has 1 N–H and O–H groups in total. The quantitative estimate of drug-likeness (QED) is 0.917. The van der Waals surface area contributed by atoms with Crippen LogP contribution in [0.2, 0.25) is 0 Å². The Hall–Kier alpha value is -0.390. The first-order chi connectivity index (χ1) is 9.02. The van der Waals surface area contributed by atoms with E-state index in [9.17, 15) is 5.11 Å². The molecule has 0 amide bonds. The summed E-state index contributed by atoms with van der Waals surface area (Å²) in [6, 6.07) is 0.216. The lowest BCUT2D eigenvalue weighted by Crippen LogP contribution is -2.41. The fourth-order valence-corrected chi connectivity index (χ4v) is 3.50. The molecule has 0 radical (unpaired) electrons. The predicted molar refractivity (Wildman–Crippen MR) is 78.1 cm³/mol. The zero-order valence-electron chi connectivity index (χ0n) is 11.9. The van der Waals surface area contributed by atoms with Crippen LogP contribution in [0.5, 0.6) is 0 Å². The van der Waals surface area contributed by atoms with Gasteiger partial charge in [0.2, 0.25) is 0 Å². The molecule has 1 unspecified atom stereocenters. The number of ether oxygens (including phenoxy) is 1. The van der Waals surface area contributed by atoms with Crippen molar-refractivity contribution in [2.45, 2.75) is 63.7 Å². The summed E-state index contributed by atoms with van der Waals surface area (Å²) in [5, 5.41) is 15.2. The van der Waals surface area contributed by atoms with Crippen LogP contribution in [0.4, 0.5) is 0 Å². The normalized spacial score (nSPS) is 20.7.